The number of aromatic nitrogens is 3. The Balaban J connectivity index is 1.62. The Hall–Kier alpha value is -1.93. The monoisotopic (exact) mass is 404 g/mol. The first-order chi connectivity index (χ1) is 13.4. The van der Waals surface area contributed by atoms with Gasteiger partial charge in [-0.1, -0.05) is 20.8 Å². The molecule has 2 aromatic rings. The van der Waals surface area contributed by atoms with E-state index in [4.69, 9.17) is 14.7 Å². The second-order valence-electron chi connectivity index (χ2n) is 8.11. The van der Waals surface area contributed by atoms with E-state index in [2.05, 4.69) is 48.4 Å². The van der Waals surface area contributed by atoms with Crippen molar-refractivity contribution in [1.82, 2.24) is 25.0 Å². The smallest absolute Gasteiger partial charge is 0.194 e. The molecule has 0 bridgehead atoms. The van der Waals surface area contributed by atoms with Crippen LogP contribution in [0.25, 0.3) is 0 Å². The van der Waals surface area contributed by atoms with Gasteiger partial charge in [0.05, 0.1) is 30.1 Å². The number of hydrogen-bond donors (Lipinski definition) is 1. The second-order valence-corrected chi connectivity index (χ2v) is 9.06. The summed E-state index contributed by atoms with van der Waals surface area (Å²) >= 11 is 1.73. The first kappa shape index (κ1) is 20.8. The summed E-state index contributed by atoms with van der Waals surface area (Å²) in [6.07, 6.45) is 4.80. The van der Waals surface area contributed by atoms with Crippen molar-refractivity contribution in [3.63, 3.8) is 0 Å². The van der Waals surface area contributed by atoms with Gasteiger partial charge < -0.3 is 15.0 Å². The molecule has 7 nitrogen and oxygen atoms in total. The molecule has 8 heteroatoms. The van der Waals surface area contributed by atoms with E-state index in [0.29, 0.717) is 6.61 Å². The molecular formula is C20H32N6OS. The fourth-order valence-electron chi connectivity index (χ4n) is 3.10. The zero-order valence-corrected chi connectivity index (χ0v) is 18.4. The normalized spacial score (nSPS) is 18.5. The summed E-state index contributed by atoms with van der Waals surface area (Å²) < 4.78 is 7.77. The number of thiazole rings is 1. The highest BCUT2D eigenvalue weighted by Gasteiger charge is 2.25. The van der Waals surface area contributed by atoms with E-state index in [0.717, 1.165) is 54.8 Å². The summed E-state index contributed by atoms with van der Waals surface area (Å²) in [5.74, 6) is 0.951. The van der Waals surface area contributed by atoms with Crippen LogP contribution in [0.3, 0.4) is 0 Å². The Bertz CT molecular complexity index is 791. The molecule has 0 saturated carbocycles. The molecule has 1 fully saturated rings. The van der Waals surface area contributed by atoms with Gasteiger partial charge in [0.15, 0.2) is 5.96 Å². The molecule has 0 aliphatic carbocycles. The average Bonchev–Trinajstić information content (AvgIpc) is 3.30. The second kappa shape index (κ2) is 9.05. The molecule has 0 spiro atoms. The minimum absolute atomic E-state index is 0.0274. The van der Waals surface area contributed by atoms with Crippen LogP contribution in [-0.4, -0.2) is 58.4 Å². The van der Waals surface area contributed by atoms with Crippen LogP contribution in [0.1, 0.15) is 50.1 Å². The van der Waals surface area contributed by atoms with E-state index in [1.807, 2.05) is 24.1 Å². The quantitative estimate of drug-likeness (QED) is 0.613. The molecule has 0 amide bonds. The molecule has 154 valence electrons. The molecule has 2 aromatic heterocycles. The van der Waals surface area contributed by atoms with Crippen LogP contribution in [0.5, 0.6) is 0 Å². The highest BCUT2D eigenvalue weighted by atomic mass is 32.1. The van der Waals surface area contributed by atoms with Crippen LogP contribution in [0, 0.1) is 0 Å². The van der Waals surface area contributed by atoms with E-state index in [-0.39, 0.29) is 11.5 Å². The molecule has 1 aliphatic rings. The van der Waals surface area contributed by atoms with Gasteiger partial charge in [-0.25, -0.2) is 4.98 Å². The maximum absolute atomic E-state index is 5.96. The predicted octanol–water partition coefficient (Wildman–Crippen LogP) is 2.76. The summed E-state index contributed by atoms with van der Waals surface area (Å²) in [5, 5.41) is 11.0. The molecule has 1 aliphatic heterocycles. The third-order valence-electron chi connectivity index (χ3n) is 4.70. The molecule has 1 saturated heterocycles. The Labute approximate surface area is 171 Å². The standard InChI is InChI=1S/C20H32N6OS/c1-6-21-19(22-8-7-18-24-17(14-28-18)20(2,3)4)26-9-10-27-16(13-26)15-11-23-25(5)12-15/h11-12,14,16H,6-10,13H2,1-5H3,(H,21,22). The van der Waals surface area contributed by atoms with Crippen molar-refractivity contribution >= 4 is 17.3 Å². The van der Waals surface area contributed by atoms with Gasteiger partial charge in [-0.2, -0.15) is 5.10 Å². The van der Waals surface area contributed by atoms with E-state index < -0.39 is 0 Å². The lowest BCUT2D eigenvalue weighted by molar-refractivity contribution is -0.00803. The summed E-state index contributed by atoms with van der Waals surface area (Å²) in [6, 6.07) is 0. The summed E-state index contributed by atoms with van der Waals surface area (Å²) in [5.41, 5.74) is 2.37. The van der Waals surface area contributed by atoms with E-state index >= 15 is 0 Å². The maximum atomic E-state index is 5.96. The molecule has 1 atom stereocenters. The summed E-state index contributed by atoms with van der Waals surface area (Å²) in [6.45, 7) is 12.6. The van der Waals surface area contributed by atoms with Crippen molar-refractivity contribution in [1.29, 1.82) is 0 Å². The lowest BCUT2D eigenvalue weighted by Gasteiger charge is -2.34. The molecule has 3 rings (SSSR count). The molecule has 1 unspecified atom stereocenters. The largest absolute Gasteiger partial charge is 0.370 e. The minimum Gasteiger partial charge on any atom is -0.370 e. The number of guanidine groups is 1. The number of morpholine rings is 1. The van der Waals surface area contributed by atoms with Gasteiger partial charge in [-0.15, -0.1) is 11.3 Å². The van der Waals surface area contributed by atoms with Crippen LogP contribution in [-0.2, 0) is 23.6 Å². The highest BCUT2D eigenvalue weighted by molar-refractivity contribution is 7.09. The average molecular weight is 405 g/mol. The lowest BCUT2D eigenvalue weighted by Crippen LogP contribution is -2.48. The van der Waals surface area contributed by atoms with Crippen LogP contribution >= 0.6 is 11.3 Å². The van der Waals surface area contributed by atoms with Gasteiger partial charge in [-0.05, 0) is 6.92 Å². The summed E-state index contributed by atoms with van der Waals surface area (Å²) in [4.78, 5) is 11.9. The van der Waals surface area contributed by atoms with Crippen LogP contribution in [0.4, 0.5) is 0 Å². The fraction of sp³-hybridized carbons (Fsp3) is 0.650. The van der Waals surface area contributed by atoms with Crippen LogP contribution in [0.15, 0.2) is 22.8 Å². The lowest BCUT2D eigenvalue weighted by atomic mass is 9.93. The Kier molecular flexibility index (Phi) is 6.72. The van der Waals surface area contributed by atoms with Crippen molar-refractivity contribution in [2.24, 2.45) is 12.0 Å². The number of nitrogens with zero attached hydrogens (tertiary/aromatic N) is 5. The van der Waals surface area contributed by atoms with Gasteiger partial charge in [0.1, 0.15) is 6.10 Å². The van der Waals surface area contributed by atoms with Crippen LogP contribution in [0.2, 0.25) is 0 Å². The van der Waals surface area contributed by atoms with Crippen molar-refractivity contribution in [2.45, 2.75) is 45.6 Å². The molecule has 0 aromatic carbocycles. The zero-order chi connectivity index (χ0) is 20.1. The molecule has 0 radical (unpaired) electrons. The van der Waals surface area contributed by atoms with Crippen LogP contribution < -0.4 is 5.32 Å². The van der Waals surface area contributed by atoms with E-state index in [1.165, 1.54) is 0 Å². The Morgan fingerprint density at radius 2 is 2.25 bits per heavy atom. The van der Waals surface area contributed by atoms with Crippen molar-refractivity contribution in [2.75, 3.05) is 32.8 Å². The van der Waals surface area contributed by atoms with Crippen molar-refractivity contribution in [3.8, 4) is 0 Å². The van der Waals surface area contributed by atoms with Gasteiger partial charge >= 0.3 is 0 Å². The third-order valence-corrected chi connectivity index (χ3v) is 5.61. The number of rotatable bonds is 5. The number of aliphatic imine (C=N–C) groups is 1. The van der Waals surface area contributed by atoms with Gasteiger partial charge in [0, 0.05) is 55.7 Å². The number of hydrogen-bond acceptors (Lipinski definition) is 5. The zero-order valence-electron chi connectivity index (χ0n) is 17.6. The Morgan fingerprint density at radius 1 is 1.43 bits per heavy atom. The highest BCUT2D eigenvalue weighted by Crippen LogP contribution is 2.24. The fourth-order valence-corrected chi connectivity index (χ4v) is 4.12. The first-order valence-corrected chi connectivity index (χ1v) is 10.8. The number of aryl methyl sites for hydroxylation is 1. The predicted molar refractivity (Wildman–Crippen MR) is 114 cm³/mol. The number of ether oxygens (including phenoxy) is 1. The summed E-state index contributed by atoms with van der Waals surface area (Å²) in [7, 11) is 1.93. The number of nitrogens with one attached hydrogen (secondary N) is 1. The third kappa shape index (κ3) is 5.32. The van der Waals surface area contributed by atoms with E-state index in [1.54, 1.807) is 11.3 Å². The molecule has 3 heterocycles. The molecular weight excluding hydrogens is 372 g/mol. The van der Waals surface area contributed by atoms with Gasteiger partial charge in [0.25, 0.3) is 0 Å². The molecule has 28 heavy (non-hydrogen) atoms. The Morgan fingerprint density at radius 3 is 2.89 bits per heavy atom. The van der Waals surface area contributed by atoms with Crippen molar-refractivity contribution in [3.05, 3.63) is 34.0 Å². The maximum Gasteiger partial charge on any atom is 0.194 e. The first-order valence-electron chi connectivity index (χ1n) is 9.95. The van der Waals surface area contributed by atoms with Crippen molar-refractivity contribution < 1.29 is 4.74 Å². The van der Waals surface area contributed by atoms with E-state index in [9.17, 15) is 0 Å². The minimum atomic E-state index is 0.0274. The molecule has 1 N–H and O–H groups in total. The topological polar surface area (TPSA) is 67.6 Å². The SMILES string of the molecule is CCNC(=NCCc1nc(C(C)(C)C)cs1)N1CCOC(c2cnn(C)c2)C1. The van der Waals surface area contributed by atoms with Gasteiger partial charge in [0.2, 0.25) is 0 Å². The van der Waals surface area contributed by atoms with Gasteiger partial charge in [-0.3, -0.25) is 9.67 Å².